The molecule has 1 N–H and O–H groups in total. The SMILES string of the molecule is C=CCn1nc(C(=O)N2CCCCCC2)c2c1CCC(N(C)CCO)C2. The molecule has 1 amide bonds. The molecule has 1 aromatic rings. The first-order chi connectivity index (χ1) is 12.7. The lowest BCUT2D eigenvalue weighted by atomic mass is 9.90. The molecule has 26 heavy (non-hydrogen) atoms. The van der Waals surface area contributed by atoms with Gasteiger partial charge in [-0.05, 0) is 39.2 Å². The largest absolute Gasteiger partial charge is 0.395 e. The van der Waals surface area contributed by atoms with Gasteiger partial charge in [-0.2, -0.15) is 5.10 Å². The number of aliphatic hydroxyl groups excluding tert-OH is 1. The summed E-state index contributed by atoms with van der Waals surface area (Å²) in [5.74, 6) is 0.0939. The molecule has 0 saturated carbocycles. The summed E-state index contributed by atoms with van der Waals surface area (Å²) in [6.07, 6.45) is 9.22. The highest BCUT2D eigenvalue weighted by molar-refractivity contribution is 5.94. The number of nitrogens with zero attached hydrogens (tertiary/aromatic N) is 4. The number of rotatable bonds is 6. The van der Waals surface area contributed by atoms with Gasteiger partial charge in [0.2, 0.25) is 0 Å². The molecule has 0 spiro atoms. The minimum absolute atomic E-state index is 0.0939. The van der Waals surface area contributed by atoms with E-state index < -0.39 is 0 Å². The number of allylic oxidation sites excluding steroid dienone is 1. The van der Waals surface area contributed by atoms with Gasteiger partial charge in [0.15, 0.2) is 5.69 Å². The Labute approximate surface area is 156 Å². The van der Waals surface area contributed by atoms with Crippen molar-refractivity contribution in [1.29, 1.82) is 0 Å². The van der Waals surface area contributed by atoms with Crippen LogP contribution in [0.15, 0.2) is 12.7 Å². The van der Waals surface area contributed by atoms with Crippen LogP contribution in [0.3, 0.4) is 0 Å². The van der Waals surface area contributed by atoms with Gasteiger partial charge in [-0.25, -0.2) is 0 Å². The molecular formula is C20H32N4O2. The Hall–Kier alpha value is -1.66. The Morgan fingerprint density at radius 3 is 2.73 bits per heavy atom. The van der Waals surface area contributed by atoms with Crippen molar-refractivity contribution in [3.8, 4) is 0 Å². The van der Waals surface area contributed by atoms with Crippen LogP contribution in [0.4, 0.5) is 0 Å². The van der Waals surface area contributed by atoms with E-state index in [4.69, 9.17) is 5.10 Å². The average molecular weight is 361 g/mol. The number of likely N-dealkylation sites (tertiary alicyclic amines) is 1. The Kier molecular flexibility index (Phi) is 6.48. The second kappa shape index (κ2) is 8.82. The van der Waals surface area contributed by atoms with Crippen molar-refractivity contribution in [2.75, 3.05) is 33.3 Å². The molecule has 1 aliphatic carbocycles. The van der Waals surface area contributed by atoms with E-state index in [1.54, 1.807) is 0 Å². The van der Waals surface area contributed by atoms with Crippen LogP contribution in [0.1, 0.15) is 53.8 Å². The molecule has 1 atom stereocenters. The summed E-state index contributed by atoms with van der Waals surface area (Å²) in [6, 6.07) is 0.353. The predicted molar refractivity (Wildman–Crippen MR) is 102 cm³/mol. The second-order valence-corrected chi connectivity index (χ2v) is 7.55. The fourth-order valence-corrected chi connectivity index (χ4v) is 4.25. The van der Waals surface area contributed by atoms with Crippen LogP contribution in [-0.2, 0) is 19.4 Å². The van der Waals surface area contributed by atoms with Gasteiger partial charge < -0.3 is 14.9 Å². The lowest BCUT2D eigenvalue weighted by Crippen LogP contribution is -2.39. The number of fused-ring (bicyclic) bond motifs is 1. The summed E-state index contributed by atoms with van der Waals surface area (Å²) in [6.45, 7) is 6.99. The standard InChI is InChI=1S/C20H32N4O2/c1-3-10-24-18-9-8-16(22(2)13-14-25)15-17(18)19(21-24)20(26)23-11-6-4-5-7-12-23/h3,16,25H,1,4-15H2,2H3. The van der Waals surface area contributed by atoms with Crippen molar-refractivity contribution < 1.29 is 9.90 Å². The summed E-state index contributed by atoms with van der Waals surface area (Å²) < 4.78 is 1.97. The van der Waals surface area contributed by atoms with Crippen LogP contribution < -0.4 is 0 Å². The van der Waals surface area contributed by atoms with Crippen molar-refractivity contribution in [2.45, 2.75) is 57.5 Å². The first-order valence-electron chi connectivity index (χ1n) is 9.95. The normalized spacial score (nSPS) is 20.7. The van der Waals surface area contributed by atoms with E-state index in [1.165, 1.54) is 18.5 Å². The van der Waals surface area contributed by atoms with Gasteiger partial charge in [-0.3, -0.25) is 9.48 Å². The molecule has 1 fully saturated rings. The van der Waals surface area contributed by atoms with Crippen LogP contribution in [-0.4, -0.2) is 69.9 Å². The summed E-state index contributed by atoms with van der Waals surface area (Å²) in [4.78, 5) is 17.4. The van der Waals surface area contributed by atoms with Crippen molar-refractivity contribution in [3.63, 3.8) is 0 Å². The number of aliphatic hydroxyl groups is 1. The van der Waals surface area contributed by atoms with Gasteiger partial charge in [-0.1, -0.05) is 18.9 Å². The lowest BCUT2D eigenvalue weighted by Gasteiger charge is -2.31. The zero-order valence-electron chi connectivity index (χ0n) is 16.0. The molecule has 2 heterocycles. The van der Waals surface area contributed by atoms with E-state index >= 15 is 0 Å². The van der Waals surface area contributed by atoms with E-state index in [0.717, 1.165) is 50.8 Å². The second-order valence-electron chi connectivity index (χ2n) is 7.55. The molecule has 2 aliphatic rings. The van der Waals surface area contributed by atoms with E-state index in [-0.39, 0.29) is 12.5 Å². The van der Waals surface area contributed by atoms with E-state index in [0.29, 0.717) is 24.8 Å². The van der Waals surface area contributed by atoms with Crippen LogP contribution >= 0.6 is 0 Å². The maximum atomic E-state index is 13.2. The molecule has 6 heteroatoms. The Morgan fingerprint density at radius 2 is 2.08 bits per heavy atom. The summed E-state index contributed by atoms with van der Waals surface area (Å²) >= 11 is 0. The zero-order valence-corrected chi connectivity index (χ0v) is 16.0. The van der Waals surface area contributed by atoms with E-state index in [9.17, 15) is 9.90 Å². The summed E-state index contributed by atoms with van der Waals surface area (Å²) in [7, 11) is 2.05. The smallest absolute Gasteiger partial charge is 0.274 e. The highest BCUT2D eigenvalue weighted by Gasteiger charge is 2.32. The third-order valence-corrected chi connectivity index (χ3v) is 5.79. The molecule has 1 aromatic heterocycles. The Balaban J connectivity index is 1.87. The molecular weight excluding hydrogens is 328 g/mol. The zero-order chi connectivity index (χ0) is 18.5. The molecule has 6 nitrogen and oxygen atoms in total. The molecule has 1 unspecified atom stereocenters. The molecule has 3 rings (SSSR count). The van der Waals surface area contributed by atoms with Gasteiger partial charge in [0.05, 0.1) is 13.2 Å². The Morgan fingerprint density at radius 1 is 1.35 bits per heavy atom. The molecule has 0 radical (unpaired) electrons. The predicted octanol–water partition coefficient (Wildman–Crippen LogP) is 1.87. The maximum Gasteiger partial charge on any atom is 0.274 e. The monoisotopic (exact) mass is 360 g/mol. The third kappa shape index (κ3) is 4.01. The van der Waals surface area contributed by atoms with Crippen LogP contribution in [0.2, 0.25) is 0 Å². The van der Waals surface area contributed by atoms with Gasteiger partial charge in [0.1, 0.15) is 0 Å². The van der Waals surface area contributed by atoms with Crippen molar-refractivity contribution in [3.05, 3.63) is 29.6 Å². The topological polar surface area (TPSA) is 61.6 Å². The average Bonchev–Trinajstić information content (AvgIpc) is 2.82. The van der Waals surface area contributed by atoms with Crippen LogP contribution in [0.5, 0.6) is 0 Å². The highest BCUT2D eigenvalue weighted by atomic mass is 16.3. The number of carbonyl (C=O) groups excluding carboxylic acids is 1. The third-order valence-electron chi connectivity index (χ3n) is 5.79. The van der Waals surface area contributed by atoms with E-state index in [1.807, 2.05) is 15.7 Å². The number of likely N-dealkylation sites (N-methyl/N-ethyl adjacent to an activating group) is 1. The lowest BCUT2D eigenvalue weighted by molar-refractivity contribution is 0.0753. The molecule has 0 aromatic carbocycles. The minimum Gasteiger partial charge on any atom is -0.395 e. The van der Waals surface area contributed by atoms with Gasteiger partial charge in [0.25, 0.3) is 5.91 Å². The van der Waals surface area contributed by atoms with Gasteiger partial charge >= 0.3 is 0 Å². The van der Waals surface area contributed by atoms with Crippen molar-refractivity contribution in [2.24, 2.45) is 0 Å². The van der Waals surface area contributed by atoms with Crippen molar-refractivity contribution >= 4 is 5.91 Å². The molecule has 0 bridgehead atoms. The first-order valence-corrected chi connectivity index (χ1v) is 9.95. The summed E-state index contributed by atoms with van der Waals surface area (Å²) in [5.41, 5.74) is 2.95. The van der Waals surface area contributed by atoms with Crippen LogP contribution in [0.25, 0.3) is 0 Å². The quantitative estimate of drug-likeness (QED) is 0.787. The van der Waals surface area contributed by atoms with Gasteiger partial charge in [0, 0.05) is 36.9 Å². The first kappa shape index (κ1) is 19.1. The number of aromatic nitrogens is 2. The fourth-order valence-electron chi connectivity index (χ4n) is 4.25. The number of hydrogen-bond acceptors (Lipinski definition) is 4. The minimum atomic E-state index is 0.0939. The van der Waals surface area contributed by atoms with Gasteiger partial charge in [-0.15, -0.1) is 6.58 Å². The maximum absolute atomic E-state index is 13.2. The molecule has 1 saturated heterocycles. The molecule has 144 valence electrons. The van der Waals surface area contributed by atoms with Crippen molar-refractivity contribution in [1.82, 2.24) is 19.6 Å². The fraction of sp³-hybridized carbons (Fsp3) is 0.700. The Bertz CT molecular complexity index is 632. The molecule has 1 aliphatic heterocycles. The van der Waals surface area contributed by atoms with Crippen LogP contribution in [0, 0.1) is 0 Å². The van der Waals surface area contributed by atoms with E-state index in [2.05, 4.69) is 18.5 Å². The number of hydrogen-bond donors (Lipinski definition) is 1. The number of carbonyl (C=O) groups is 1. The highest BCUT2D eigenvalue weighted by Crippen LogP contribution is 2.28. The number of amides is 1. The summed E-state index contributed by atoms with van der Waals surface area (Å²) in [5, 5.41) is 14.0.